The van der Waals surface area contributed by atoms with Crippen LogP contribution < -0.4 is 5.32 Å². The molecule has 0 aromatic heterocycles. The molecular formula is C13H20ClNO. The van der Waals surface area contributed by atoms with Crippen LogP contribution in [0.25, 0.3) is 0 Å². The van der Waals surface area contributed by atoms with Gasteiger partial charge < -0.3 is 10.1 Å². The van der Waals surface area contributed by atoms with Crippen LogP contribution in [-0.4, -0.2) is 26.3 Å². The van der Waals surface area contributed by atoms with E-state index in [1.54, 1.807) is 7.11 Å². The quantitative estimate of drug-likeness (QED) is 0.793. The van der Waals surface area contributed by atoms with Gasteiger partial charge in [-0.15, -0.1) is 0 Å². The van der Waals surface area contributed by atoms with Crippen molar-refractivity contribution >= 4 is 11.6 Å². The standard InChI is InChI=1S/C13H20ClNO/c1-3-8-15-12(10-16-2)9-11-6-4-5-7-13(11)14/h4-7,12,15H,3,8-10H2,1-2H3. The first-order valence-corrected chi connectivity index (χ1v) is 6.11. The molecule has 16 heavy (non-hydrogen) atoms. The second-order valence-electron chi connectivity index (χ2n) is 3.90. The highest BCUT2D eigenvalue weighted by Crippen LogP contribution is 2.16. The van der Waals surface area contributed by atoms with Gasteiger partial charge in [-0.05, 0) is 31.0 Å². The Morgan fingerprint density at radius 1 is 1.38 bits per heavy atom. The van der Waals surface area contributed by atoms with Gasteiger partial charge in [0.25, 0.3) is 0 Å². The molecule has 0 radical (unpaired) electrons. The summed E-state index contributed by atoms with van der Waals surface area (Å²) in [4.78, 5) is 0. The number of hydrogen-bond acceptors (Lipinski definition) is 2. The molecule has 0 saturated carbocycles. The molecule has 1 atom stereocenters. The number of hydrogen-bond donors (Lipinski definition) is 1. The Balaban J connectivity index is 2.56. The van der Waals surface area contributed by atoms with Gasteiger partial charge in [0, 0.05) is 18.2 Å². The third kappa shape index (κ3) is 4.52. The summed E-state index contributed by atoms with van der Waals surface area (Å²) in [6, 6.07) is 8.31. The highest BCUT2D eigenvalue weighted by molar-refractivity contribution is 6.31. The lowest BCUT2D eigenvalue weighted by molar-refractivity contribution is 0.166. The number of benzene rings is 1. The maximum atomic E-state index is 6.13. The monoisotopic (exact) mass is 241 g/mol. The molecule has 1 unspecified atom stereocenters. The molecule has 0 fully saturated rings. The Morgan fingerprint density at radius 3 is 2.75 bits per heavy atom. The van der Waals surface area contributed by atoms with Gasteiger partial charge in [0.2, 0.25) is 0 Å². The molecule has 0 aliphatic carbocycles. The summed E-state index contributed by atoms with van der Waals surface area (Å²) in [7, 11) is 1.73. The summed E-state index contributed by atoms with van der Waals surface area (Å²) in [5.41, 5.74) is 1.18. The first kappa shape index (κ1) is 13.5. The van der Waals surface area contributed by atoms with Crippen molar-refractivity contribution in [2.75, 3.05) is 20.3 Å². The molecular weight excluding hydrogens is 222 g/mol. The molecule has 0 saturated heterocycles. The lowest BCUT2D eigenvalue weighted by Gasteiger charge is -2.18. The Morgan fingerprint density at radius 2 is 2.12 bits per heavy atom. The van der Waals surface area contributed by atoms with Crippen molar-refractivity contribution in [2.45, 2.75) is 25.8 Å². The average Bonchev–Trinajstić information content (AvgIpc) is 2.29. The minimum absolute atomic E-state index is 0.338. The first-order valence-electron chi connectivity index (χ1n) is 5.73. The van der Waals surface area contributed by atoms with Crippen molar-refractivity contribution in [3.05, 3.63) is 34.9 Å². The molecule has 0 aliphatic rings. The van der Waals surface area contributed by atoms with Gasteiger partial charge in [0.1, 0.15) is 0 Å². The Hall–Kier alpha value is -0.570. The van der Waals surface area contributed by atoms with E-state index >= 15 is 0 Å². The van der Waals surface area contributed by atoms with E-state index in [2.05, 4.69) is 18.3 Å². The predicted octanol–water partition coefficient (Wildman–Crippen LogP) is 2.90. The third-order valence-corrected chi connectivity index (χ3v) is 2.84. The van der Waals surface area contributed by atoms with E-state index < -0.39 is 0 Å². The summed E-state index contributed by atoms with van der Waals surface area (Å²) in [5, 5.41) is 4.30. The second-order valence-corrected chi connectivity index (χ2v) is 4.31. The summed E-state index contributed by atoms with van der Waals surface area (Å²) in [5.74, 6) is 0. The second kappa shape index (κ2) is 7.66. The van der Waals surface area contributed by atoms with Gasteiger partial charge in [-0.1, -0.05) is 36.7 Å². The molecule has 2 nitrogen and oxygen atoms in total. The van der Waals surface area contributed by atoms with Crippen LogP contribution in [0.5, 0.6) is 0 Å². The van der Waals surface area contributed by atoms with E-state index in [4.69, 9.17) is 16.3 Å². The van der Waals surface area contributed by atoms with Gasteiger partial charge in [0.15, 0.2) is 0 Å². The highest BCUT2D eigenvalue weighted by atomic mass is 35.5. The van der Waals surface area contributed by atoms with Crippen LogP contribution in [0.2, 0.25) is 5.02 Å². The third-order valence-electron chi connectivity index (χ3n) is 2.48. The zero-order valence-corrected chi connectivity index (χ0v) is 10.8. The van der Waals surface area contributed by atoms with E-state index in [0.29, 0.717) is 12.6 Å². The summed E-state index contributed by atoms with van der Waals surface area (Å²) in [6.45, 7) is 3.88. The highest BCUT2D eigenvalue weighted by Gasteiger charge is 2.10. The van der Waals surface area contributed by atoms with E-state index in [1.807, 2.05) is 18.2 Å². The maximum Gasteiger partial charge on any atom is 0.0619 e. The van der Waals surface area contributed by atoms with Crippen LogP contribution in [0.4, 0.5) is 0 Å². The number of rotatable bonds is 7. The predicted molar refractivity (Wildman–Crippen MR) is 69.1 cm³/mol. The lowest BCUT2D eigenvalue weighted by atomic mass is 10.1. The maximum absolute atomic E-state index is 6.13. The molecule has 1 aromatic rings. The normalized spacial score (nSPS) is 12.7. The van der Waals surface area contributed by atoms with Crippen LogP contribution in [0.3, 0.4) is 0 Å². The van der Waals surface area contributed by atoms with E-state index in [-0.39, 0.29) is 0 Å². The van der Waals surface area contributed by atoms with Crippen molar-refractivity contribution in [3.8, 4) is 0 Å². The zero-order chi connectivity index (χ0) is 11.8. The van der Waals surface area contributed by atoms with Crippen LogP contribution in [0, 0.1) is 0 Å². The summed E-state index contributed by atoms with van der Waals surface area (Å²) >= 11 is 6.13. The van der Waals surface area contributed by atoms with Crippen molar-refractivity contribution in [3.63, 3.8) is 0 Å². The molecule has 0 spiro atoms. The number of methoxy groups -OCH3 is 1. The number of halogens is 1. The Labute approximate surface area is 103 Å². The van der Waals surface area contributed by atoms with Crippen LogP contribution in [0.15, 0.2) is 24.3 Å². The number of ether oxygens (including phenoxy) is 1. The van der Waals surface area contributed by atoms with Crippen LogP contribution >= 0.6 is 11.6 Å². The van der Waals surface area contributed by atoms with Gasteiger partial charge in [-0.2, -0.15) is 0 Å². The van der Waals surface area contributed by atoms with E-state index in [9.17, 15) is 0 Å². The fourth-order valence-corrected chi connectivity index (χ4v) is 1.88. The van der Waals surface area contributed by atoms with Crippen molar-refractivity contribution in [1.82, 2.24) is 5.32 Å². The van der Waals surface area contributed by atoms with Crippen molar-refractivity contribution < 1.29 is 4.74 Å². The van der Waals surface area contributed by atoms with E-state index in [1.165, 1.54) is 5.56 Å². The average molecular weight is 242 g/mol. The zero-order valence-electron chi connectivity index (χ0n) is 10.0. The molecule has 1 N–H and O–H groups in total. The van der Waals surface area contributed by atoms with Crippen molar-refractivity contribution in [2.24, 2.45) is 0 Å². The summed E-state index contributed by atoms with van der Waals surface area (Å²) < 4.78 is 5.21. The largest absolute Gasteiger partial charge is 0.383 e. The molecule has 3 heteroatoms. The van der Waals surface area contributed by atoms with Gasteiger partial charge in [0.05, 0.1) is 6.61 Å². The topological polar surface area (TPSA) is 21.3 Å². The van der Waals surface area contributed by atoms with Gasteiger partial charge >= 0.3 is 0 Å². The van der Waals surface area contributed by atoms with E-state index in [0.717, 1.165) is 24.4 Å². The minimum atomic E-state index is 0.338. The fourth-order valence-electron chi connectivity index (χ4n) is 1.67. The fraction of sp³-hybridized carbons (Fsp3) is 0.538. The SMILES string of the molecule is CCCNC(COC)Cc1ccccc1Cl. The Kier molecular flexibility index (Phi) is 6.46. The number of nitrogens with one attached hydrogen (secondary N) is 1. The van der Waals surface area contributed by atoms with Crippen molar-refractivity contribution in [1.29, 1.82) is 0 Å². The smallest absolute Gasteiger partial charge is 0.0619 e. The molecule has 0 bridgehead atoms. The minimum Gasteiger partial charge on any atom is -0.383 e. The molecule has 90 valence electrons. The van der Waals surface area contributed by atoms with Crippen LogP contribution in [0.1, 0.15) is 18.9 Å². The lowest BCUT2D eigenvalue weighted by Crippen LogP contribution is -2.35. The van der Waals surface area contributed by atoms with Gasteiger partial charge in [-0.25, -0.2) is 0 Å². The molecule has 1 rings (SSSR count). The first-order chi connectivity index (χ1) is 7.77. The summed E-state index contributed by atoms with van der Waals surface area (Å²) in [6.07, 6.45) is 2.04. The Bertz CT molecular complexity index is 304. The van der Waals surface area contributed by atoms with Crippen LogP contribution in [-0.2, 0) is 11.2 Å². The molecule has 0 aliphatic heterocycles. The molecule has 0 amide bonds. The molecule has 0 heterocycles. The molecule has 1 aromatic carbocycles. The van der Waals surface area contributed by atoms with Gasteiger partial charge in [-0.3, -0.25) is 0 Å².